The average Bonchev–Trinajstić information content (AvgIpc) is 2.66. The Kier molecular flexibility index (Phi) is 8.83. The van der Waals surface area contributed by atoms with E-state index in [2.05, 4.69) is 57.0 Å². The quantitative estimate of drug-likeness (QED) is 0.735. The van der Waals surface area contributed by atoms with Crippen LogP contribution in [0.25, 0.3) is 0 Å². The predicted molar refractivity (Wildman–Crippen MR) is 106 cm³/mol. The van der Waals surface area contributed by atoms with E-state index in [0.717, 1.165) is 30.5 Å². The van der Waals surface area contributed by atoms with Crippen LogP contribution in [0.2, 0.25) is 0 Å². The van der Waals surface area contributed by atoms with Crippen molar-refractivity contribution in [3.8, 4) is 0 Å². The SMILES string of the molecule is CC.CN1CCC(N2CC(CF)OCC2Cc2ccc(Br)cc2)CC1. The van der Waals surface area contributed by atoms with Crippen LogP contribution in [0.15, 0.2) is 28.7 Å². The molecule has 0 aromatic heterocycles. The number of rotatable bonds is 4. The Labute approximate surface area is 160 Å². The first kappa shape index (κ1) is 20.8. The molecule has 1 aromatic carbocycles. The van der Waals surface area contributed by atoms with Crippen molar-refractivity contribution in [3.05, 3.63) is 34.3 Å². The molecule has 0 radical (unpaired) electrons. The van der Waals surface area contributed by atoms with Gasteiger partial charge in [0.05, 0.1) is 12.7 Å². The van der Waals surface area contributed by atoms with Crippen molar-refractivity contribution in [2.75, 3.05) is 40.0 Å². The largest absolute Gasteiger partial charge is 0.373 e. The number of morpholine rings is 1. The summed E-state index contributed by atoms with van der Waals surface area (Å²) in [6.07, 6.45) is 3.06. The Morgan fingerprint density at radius 1 is 1.16 bits per heavy atom. The van der Waals surface area contributed by atoms with Gasteiger partial charge in [0.2, 0.25) is 0 Å². The van der Waals surface area contributed by atoms with Gasteiger partial charge in [0.15, 0.2) is 0 Å². The van der Waals surface area contributed by atoms with Gasteiger partial charge in [0.25, 0.3) is 0 Å². The van der Waals surface area contributed by atoms with Crippen molar-refractivity contribution in [3.63, 3.8) is 0 Å². The highest BCUT2D eigenvalue weighted by Gasteiger charge is 2.34. The lowest BCUT2D eigenvalue weighted by molar-refractivity contribution is -0.0921. The Balaban J connectivity index is 0.00000109. The minimum Gasteiger partial charge on any atom is -0.373 e. The first-order valence-electron chi connectivity index (χ1n) is 9.52. The number of piperidine rings is 1. The molecule has 2 aliphatic heterocycles. The van der Waals surface area contributed by atoms with Crippen molar-refractivity contribution in [2.24, 2.45) is 0 Å². The van der Waals surface area contributed by atoms with Crippen LogP contribution in [0, 0.1) is 0 Å². The minimum absolute atomic E-state index is 0.254. The second-order valence-corrected chi connectivity index (χ2v) is 7.74. The highest BCUT2D eigenvalue weighted by molar-refractivity contribution is 9.10. The van der Waals surface area contributed by atoms with Crippen LogP contribution in [0.1, 0.15) is 32.3 Å². The fourth-order valence-corrected chi connectivity index (χ4v) is 3.98. The fraction of sp³-hybridized carbons (Fsp3) is 0.700. The summed E-state index contributed by atoms with van der Waals surface area (Å²) in [5.74, 6) is 0. The maximum Gasteiger partial charge on any atom is 0.117 e. The maximum atomic E-state index is 13.1. The van der Waals surface area contributed by atoms with E-state index in [4.69, 9.17) is 4.74 Å². The summed E-state index contributed by atoms with van der Waals surface area (Å²) in [4.78, 5) is 4.91. The molecule has 2 saturated heterocycles. The van der Waals surface area contributed by atoms with E-state index in [1.807, 2.05) is 13.8 Å². The molecule has 2 aliphatic rings. The Bertz CT molecular complexity index is 491. The van der Waals surface area contributed by atoms with Gasteiger partial charge in [-0.3, -0.25) is 4.90 Å². The molecule has 2 unspecified atom stereocenters. The topological polar surface area (TPSA) is 15.7 Å². The third-order valence-electron chi connectivity index (χ3n) is 5.12. The van der Waals surface area contributed by atoms with Crippen molar-refractivity contribution >= 4 is 15.9 Å². The molecule has 0 amide bonds. The van der Waals surface area contributed by atoms with Gasteiger partial charge in [-0.05, 0) is 57.1 Å². The number of hydrogen-bond donors (Lipinski definition) is 0. The summed E-state index contributed by atoms with van der Waals surface area (Å²) in [5, 5.41) is 0. The van der Waals surface area contributed by atoms with Crippen molar-refractivity contribution in [1.82, 2.24) is 9.80 Å². The standard InChI is InChI=1S/C18H26BrFN2O.C2H6/c1-21-8-6-16(7-9-21)22-12-18(11-20)23-13-17(22)10-14-2-4-15(19)5-3-14;1-2/h2-5,16-18H,6-13H2,1H3;1-2H3. The summed E-state index contributed by atoms with van der Waals surface area (Å²) in [6.45, 7) is 7.25. The maximum absolute atomic E-state index is 13.1. The highest BCUT2D eigenvalue weighted by Crippen LogP contribution is 2.25. The summed E-state index contributed by atoms with van der Waals surface area (Å²) in [5.41, 5.74) is 1.32. The van der Waals surface area contributed by atoms with Crippen LogP contribution >= 0.6 is 15.9 Å². The number of likely N-dealkylation sites (tertiary alicyclic amines) is 1. The van der Waals surface area contributed by atoms with Gasteiger partial charge in [-0.25, -0.2) is 4.39 Å². The van der Waals surface area contributed by atoms with E-state index in [1.54, 1.807) is 0 Å². The van der Waals surface area contributed by atoms with Gasteiger partial charge in [-0.1, -0.05) is 41.9 Å². The van der Waals surface area contributed by atoms with Crippen LogP contribution in [0.3, 0.4) is 0 Å². The second-order valence-electron chi connectivity index (χ2n) is 6.83. The van der Waals surface area contributed by atoms with Crippen LogP contribution < -0.4 is 0 Å². The molecule has 3 nitrogen and oxygen atoms in total. The molecule has 0 bridgehead atoms. The molecule has 3 rings (SSSR count). The van der Waals surface area contributed by atoms with Gasteiger partial charge in [0.1, 0.15) is 6.67 Å². The molecule has 1 aromatic rings. The predicted octanol–water partition coefficient (Wildman–Crippen LogP) is 4.15. The van der Waals surface area contributed by atoms with Crippen molar-refractivity contribution < 1.29 is 9.13 Å². The lowest BCUT2D eigenvalue weighted by Gasteiger charge is -2.46. The van der Waals surface area contributed by atoms with E-state index < -0.39 is 0 Å². The Morgan fingerprint density at radius 2 is 1.80 bits per heavy atom. The number of benzene rings is 1. The van der Waals surface area contributed by atoms with Crippen LogP contribution in [-0.4, -0.2) is 68.0 Å². The second kappa shape index (κ2) is 10.6. The molecule has 5 heteroatoms. The number of halogens is 2. The summed E-state index contributed by atoms with van der Waals surface area (Å²) >= 11 is 3.49. The van der Waals surface area contributed by atoms with Gasteiger partial charge >= 0.3 is 0 Å². The highest BCUT2D eigenvalue weighted by atomic mass is 79.9. The van der Waals surface area contributed by atoms with Gasteiger partial charge < -0.3 is 9.64 Å². The lowest BCUT2D eigenvalue weighted by Crippen LogP contribution is -2.57. The van der Waals surface area contributed by atoms with Gasteiger partial charge in [-0.2, -0.15) is 0 Å². The summed E-state index contributed by atoms with van der Waals surface area (Å²) in [6, 6.07) is 9.42. The molecule has 25 heavy (non-hydrogen) atoms. The molecule has 2 atom stereocenters. The van der Waals surface area contributed by atoms with E-state index in [9.17, 15) is 4.39 Å². The van der Waals surface area contributed by atoms with Crippen LogP contribution in [-0.2, 0) is 11.2 Å². The van der Waals surface area contributed by atoms with Crippen molar-refractivity contribution in [1.29, 1.82) is 0 Å². The number of hydrogen-bond acceptors (Lipinski definition) is 3. The third kappa shape index (κ3) is 6.02. The Hall–Kier alpha value is -0.490. The van der Waals surface area contributed by atoms with E-state index >= 15 is 0 Å². The summed E-state index contributed by atoms with van der Waals surface area (Å²) in [7, 11) is 2.18. The zero-order valence-electron chi connectivity index (χ0n) is 15.8. The monoisotopic (exact) mass is 414 g/mol. The first-order valence-corrected chi connectivity index (χ1v) is 10.3. The zero-order valence-corrected chi connectivity index (χ0v) is 17.3. The van der Waals surface area contributed by atoms with Crippen LogP contribution in [0.4, 0.5) is 4.39 Å². The fourth-order valence-electron chi connectivity index (χ4n) is 3.72. The van der Waals surface area contributed by atoms with E-state index in [0.29, 0.717) is 18.7 Å². The number of ether oxygens (including phenoxy) is 1. The molecular weight excluding hydrogens is 383 g/mol. The summed E-state index contributed by atoms with van der Waals surface area (Å²) < 4.78 is 20.0. The van der Waals surface area contributed by atoms with E-state index in [-0.39, 0.29) is 12.8 Å². The first-order chi connectivity index (χ1) is 12.2. The smallest absolute Gasteiger partial charge is 0.117 e. The average molecular weight is 415 g/mol. The minimum atomic E-state index is -0.381. The van der Waals surface area contributed by atoms with Gasteiger partial charge in [0, 0.05) is 23.1 Å². The molecule has 0 spiro atoms. The zero-order chi connectivity index (χ0) is 18.2. The van der Waals surface area contributed by atoms with Gasteiger partial charge in [-0.15, -0.1) is 0 Å². The molecule has 142 valence electrons. The normalized spacial score (nSPS) is 26.1. The molecule has 2 heterocycles. The number of nitrogens with zero attached hydrogens (tertiary/aromatic N) is 2. The number of alkyl halides is 1. The molecule has 2 fully saturated rings. The molecule has 0 saturated carbocycles. The Morgan fingerprint density at radius 3 is 2.40 bits per heavy atom. The lowest BCUT2D eigenvalue weighted by atomic mass is 9.96. The molecule has 0 aliphatic carbocycles. The van der Waals surface area contributed by atoms with E-state index in [1.165, 1.54) is 18.4 Å². The third-order valence-corrected chi connectivity index (χ3v) is 5.65. The van der Waals surface area contributed by atoms with Crippen LogP contribution in [0.5, 0.6) is 0 Å². The van der Waals surface area contributed by atoms with Crippen molar-refractivity contribution in [2.45, 2.75) is 51.3 Å². The molecule has 0 N–H and O–H groups in total. The molecular formula is C20H32BrFN2O.